The summed E-state index contributed by atoms with van der Waals surface area (Å²) in [7, 11) is 0. The number of amides is 1. The molecule has 1 aliphatic rings. The molecule has 0 N–H and O–H groups in total. The van der Waals surface area contributed by atoms with Crippen molar-refractivity contribution in [2.24, 2.45) is 0 Å². The van der Waals surface area contributed by atoms with Crippen LogP contribution in [0, 0.1) is 6.92 Å². The Morgan fingerprint density at radius 2 is 2.04 bits per heavy atom. The van der Waals surface area contributed by atoms with E-state index in [1.807, 2.05) is 39.0 Å². The van der Waals surface area contributed by atoms with E-state index in [4.69, 9.17) is 9.15 Å². The minimum atomic E-state index is -0.585. The molecule has 128 valence electrons. The lowest BCUT2D eigenvalue weighted by molar-refractivity contribution is -0.151. The van der Waals surface area contributed by atoms with Crippen LogP contribution in [-0.4, -0.2) is 33.2 Å². The number of aromatic nitrogens is 2. The third kappa shape index (κ3) is 3.33. The molecule has 0 aliphatic carbocycles. The Hall–Kier alpha value is -2.21. The highest BCUT2D eigenvalue weighted by molar-refractivity contribution is 5.83. The van der Waals surface area contributed by atoms with E-state index in [1.165, 1.54) is 5.56 Å². The first-order valence-corrected chi connectivity index (χ1v) is 8.16. The number of carbonyl (C=O) groups is 1. The summed E-state index contributed by atoms with van der Waals surface area (Å²) in [6.45, 7) is 8.52. The van der Waals surface area contributed by atoms with Crippen molar-refractivity contribution in [2.75, 3.05) is 6.61 Å². The van der Waals surface area contributed by atoms with Crippen LogP contribution in [0.15, 0.2) is 28.7 Å². The third-order valence-electron chi connectivity index (χ3n) is 4.15. The van der Waals surface area contributed by atoms with Crippen LogP contribution in [0.3, 0.4) is 0 Å². The molecular formula is C18H23N3O3. The average Bonchev–Trinajstić information content (AvgIpc) is 2.95. The molecule has 1 amide bonds. The Morgan fingerprint density at radius 1 is 1.29 bits per heavy atom. The maximum absolute atomic E-state index is 13.2. The number of carbonyl (C=O) groups excluding carboxylic acids is 1. The number of nitrogens with zero attached hydrogens (tertiary/aromatic N) is 3. The zero-order valence-electron chi connectivity index (χ0n) is 14.6. The molecule has 3 rings (SSSR count). The van der Waals surface area contributed by atoms with Crippen molar-refractivity contribution in [1.82, 2.24) is 15.1 Å². The van der Waals surface area contributed by atoms with Gasteiger partial charge in [0.05, 0.1) is 13.2 Å². The molecule has 1 aromatic carbocycles. The molecule has 6 heteroatoms. The van der Waals surface area contributed by atoms with Crippen LogP contribution in [0.1, 0.15) is 49.8 Å². The van der Waals surface area contributed by atoms with Crippen molar-refractivity contribution in [3.05, 3.63) is 47.2 Å². The van der Waals surface area contributed by atoms with E-state index >= 15 is 0 Å². The van der Waals surface area contributed by atoms with Gasteiger partial charge in [0.2, 0.25) is 11.8 Å². The van der Waals surface area contributed by atoms with Gasteiger partial charge in [0.15, 0.2) is 6.10 Å². The molecule has 1 aromatic heterocycles. The van der Waals surface area contributed by atoms with E-state index in [9.17, 15) is 4.79 Å². The summed E-state index contributed by atoms with van der Waals surface area (Å²) < 4.78 is 11.3. The second kappa shape index (κ2) is 6.36. The number of rotatable bonds is 3. The lowest BCUT2D eigenvalue weighted by Gasteiger charge is -2.38. The van der Waals surface area contributed by atoms with E-state index in [1.54, 1.807) is 11.8 Å². The number of hydrogen-bond acceptors (Lipinski definition) is 5. The van der Waals surface area contributed by atoms with E-state index in [0.29, 0.717) is 18.4 Å². The van der Waals surface area contributed by atoms with Crippen LogP contribution in [-0.2, 0) is 22.5 Å². The summed E-state index contributed by atoms with van der Waals surface area (Å²) in [5.74, 6) is 0.843. The Balaban J connectivity index is 1.90. The molecule has 0 unspecified atom stereocenters. The topological polar surface area (TPSA) is 68.5 Å². The first kappa shape index (κ1) is 16.6. The SMILES string of the molecule is Cc1nnc(CN(C(=O)[C@H]2OCCc3ccccc32)C(C)(C)C)o1. The van der Waals surface area contributed by atoms with Gasteiger partial charge in [0.25, 0.3) is 5.91 Å². The molecule has 6 nitrogen and oxygen atoms in total. The molecule has 0 saturated carbocycles. The number of ether oxygens (including phenoxy) is 1. The van der Waals surface area contributed by atoms with Crippen LogP contribution in [0.2, 0.25) is 0 Å². The molecule has 0 spiro atoms. The molecule has 2 heterocycles. The molecule has 1 aliphatic heterocycles. The van der Waals surface area contributed by atoms with Gasteiger partial charge in [-0.25, -0.2) is 0 Å². The van der Waals surface area contributed by atoms with Gasteiger partial charge >= 0.3 is 0 Å². The zero-order chi connectivity index (χ0) is 17.3. The lowest BCUT2D eigenvalue weighted by atomic mass is 9.95. The average molecular weight is 329 g/mol. The highest BCUT2D eigenvalue weighted by Gasteiger charge is 2.36. The zero-order valence-corrected chi connectivity index (χ0v) is 14.6. The van der Waals surface area contributed by atoms with E-state index in [-0.39, 0.29) is 12.5 Å². The van der Waals surface area contributed by atoms with Gasteiger partial charge in [0.1, 0.15) is 0 Å². The molecule has 0 fully saturated rings. The second-order valence-electron chi connectivity index (χ2n) is 7.01. The second-order valence-corrected chi connectivity index (χ2v) is 7.01. The molecule has 2 aromatic rings. The standard InChI is InChI=1S/C18H23N3O3/c1-12-19-20-15(24-12)11-21(18(2,3)4)17(22)16-14-8-6-5-7-13(14)9-10-23-16/h5-8,16H,9-11H2,1-4H3/t16-/m0/s1. The minimum absolute atomic E-state index is 0.0782. The van der Waals surface area contributed by atoms with Crippen molar-refractivity contribution in [3.63, 3.8) is 0 Å². The molecule has 0 saturated heterocycles. The number of fused-ring (bicyclic) bond motifs is 1. The predicted molar refractivity (Wildman–Crippen MR) is 88.2 cm³/mol. The number of benzene rings is 1. The van der Waals surface area contributed by atoms with Crippen molar-refractivity contribution >= 4 is 5.91 Å². The fraction of sp³-hybridized carbons (Fsp3) is 0.500. The van der Waals surface area contributed by atoms with Crippen LogP contribution >= 0.6 is 0 Å². The van der Waals surface area contributed by atoms with Gasteiger partial charge in [-0.15, -0.1) is 10.2 Å². The minimum Gasteiger partial charge on any atom is -0.424 e. The van der Waals surface area contributed by atoms with Crippen molar-refractivity contribution in [1.29, 1.82) is 0 Å². The molecular weight excluding hydrogens is 306 g/mol. The maximum Gasteiger partial charge on any atom is 0.257 e. The molecule has 24 heavy (non-hydrogen) atoms. The quantitative estimate of drug-likeness (QED) is 0.866. The maximum atomic E-state index is 13.2. The summed E-state index contributed by atoms with van der Waals surface area (Å²) in [4.78, 5) is 15.0. The van der Waals surface area contributed by atoms with Crippen LogP contribution in [0.25, 0.3) is 0 Å². The van der Waals surface area contributed by atoms with Crippen molar-refractivity contribution in [3.8, 4) is 0 Å². The number of aryl methyl sites for hydroxylation is 1. The van der Waals surface area contributed by atoms with Gasteiger partial charge < -0.3 is 14.1 Å². The fourth-order valence-electron chi connectivity index (χ4n) is 2.92. The van der Waals surface area contributed by atoms with Gasteiger partial charge in [-0.3, -0.25) is 4.79 Å². The van der Waals surface area contributed by atoms with Gasteiger partial charge in [0, 0.05) is 12.5 Å². The normalized spacial score (nSPS) is 17.4. The highest BCUT2D eigenvalue weighted by atomic mass is 16.5. The predicted octanol–water partition coefficient (Wildman–Crippen LogP) is 2.82. The van der Waals surface area contributed by atoms with Crippen molar-refractivity contribution in [2.45, 2.75) is 52.3 Å². The van der Waals surface area contributed by atoms with Gasteiger partial charge in [-0.05, 0) is 38.3 Å². The Kier molecular flexibility index (Phi) is 4.41. The largest absolute Gasteiger partial charge is 0.424 e. The van der Waals surface area contributed by atoms with E-state index < -0.39 is 11.6 Å². The Bertz CT molecular complexity index is 733. The van der Waals surface area contributed by atoms with Crippen LogP contribution in [0.4, 0.5) is 0 Å². The molecule has 0 bridgehead atoms. The van der Waals surface area contributed by atoms with Crippen LogP contribution < -0.4 is 0 Å². The molecule has 1 atom stereocenters. The summed E-state index contributed by atoms with van der Waals surface area (Å²) in [6.07, 6.45) is 0.247. The monoisotopic (exact) mass is 329 g/mol. The summed E-state index contributed by atoms with van der Waals surface area (Å²) in [6, 6.07) is 7.96. The first-order chi connectivity index (χ1) is 11.4. The summed E-state index contributed by atoms with van der Waals surface area (Å²) >= 11 is 0. The number of hydrogen-bond donors (Lipinski definition) is 0. The highest BCUT2D eigenvalue weighted by Crippen LogP contribution is 2.31. The van der Waals surface area contributed by atoms with Crippen molar-refractivity contribution < 1.29 is 13.9 Å². The van der Waals surface area contributed by atoms with E-state index in [0.717, 1.165) is 12.0 Å². The van der Waals surface area contributed by atoms with Crippen LogP contribution in [0.5, 0.6) is 0 Å². The summed E-state index contributed by atoms with van der Waals surface area (Å²) in [5, 5.41) is 7.86. The fourth-order valence-corrected chi connectivity index (χ4v) is 2.92. The van der Waals surface area contributed by atoms with E-state index in [2.05, 4.69) is 16.3 Å². The van der Waals surface area contributed by atoms with Gasteiger partial charge in [-0.1, -0.05) is 24.3 Å². The Labute approximate surface area is 141 Å². The summed E-state index contributed by atoms with van der Waals surface area (Å²) in [5.41, 5.74) is 1.73. The smallest absolute Gasteiger partial charge is 0.257 e. The van der Waals surface area contributed by atoms with Gasteiger partial charge in [-0.2, -0.15) is 0 Å². The third-order valence-corrected chi connectivity index (χ3v) is 4.15. The lowest BCUT2D eigenvalue weighted by Crippen LogP contribution is -2.48. The first-order valence-electron chi connectivity index (χ1n) is 8.16. The Morgan fingerprint density at radius 3 is 2.71 bits per heavy atom. The molecule has 0 radical (unpaired) electrons.